The molecule has 0 spiro atoms. The largest absolute Gasteiger partial charge is 0.389 e. The second-order valence-corrected chi connectivity index (χ2v) is 7.08. The highest BCUT2D eigenvalue weighted by molar-refractivity contribution is 7.93. The van der Waals surface area contributed by atoms with E-state index in [-0.39, 0.29) is 6.42 Å². The molecule has 19 heavy (non-hydrogen) atoms. The summed E-state index contributed by atoms with van der Waals surface area (Å²) in [4.78, 5) is 0.304. The molecule has 0 bridgehead atoms. The summed E-state index contributed by atoms with van der Waals surface area (Å²) in [5, 5.41) is 9.70. The van der Waals surface area contributed by atoms with Crippen LogP contribution in [-0.4, -0.2) is 24.4 Å². The molecule has 1 aromatic carbocycles. The molecule has 2 rings (SSSR count). The molecule has 0 aliphatic heterocycles. The molecular formula is C15H18O3S. The lowest BCUT2D eigenvalue weighted by Gasteiger charge is -2.26. The number of aliphatic hydroxyl groups is 1. The SMILES string of the molecule is C/C=C/C[C@@]1(S(=O)(=O)c2ccccc2)C=C[C@H](O)C1. The zero-order valence-electron chi connectivity index (χ0n) is 10.9. The van der Waals surface area contributed by atoms with Gasteiger partial charge in [-0.3, -0.25) is 0 Å². The number of rotatable bonds is 4. The molecule has 2 atom stereocenters. The quantitative estimate of drug-likeness (QED) is 0.861. The van der Waals surface area contributed by atoms with Crippen molar-refractivity contribution in [2.75, 3.05) is 0 Å². The standard InChI is InChI=1S/C15H18O3S/c1-2-3-10-15(11-9-13(16)12-15)19(17,18)14-7-5-4-6-8-14/h2-9,11,13,16H,10,12H2,1H3/b3-2+/t13-,15+/m0/s1. The van der Waals surface area contributed by atoms with E-state index >= 15 is 0 Å². The predicted octanol–water partition coefficient (Wildman–Crippen LogP) is 2.49. The molecule has 3 nitrogen and oxygen atoms in total. The monoisotopic (exact) mass is 278 g/mol. The van der Waals surface area contributed by atoms with Crippen molar-refractivity contribution in [3.63, 3.8) is 0 Å². The van der Waals surface area contributed by atoms with E-state index in [0.717, 1.165) is 0 Å². The fraction of sp³-hybridized carbons (Fsp3) is 0.333. The minimum Gasteiger partial charge on any atom is -0.389 e. The fourth-order valence-corrected chi connectivity index (χ4v) is 4.34. The van der Waals surface area contributed by atoms with Crippen molar-refractivity contribution in [2.24, 2.45) is 0 Å². The molecule has 0 heterocycles. The van der Waals surface area contributed by atoms with Gasteiger partial charge in [-0.1, -0.05) is 42.5 Å². The second kappa shape index (κ2) is 5.31. The first-order valence-electron chi connectivity index (χ1n) is 6.30. The van der Waals surface area contributed by atoms with E-state index < -0.39 is 20.7 Å². The Morgan fingerprint density at radius 1 is 1.37 bits per heavy atom. The Labute approximate surface area is 114 Å². The molecule has 0 aromatic heterocycles. The minimum atomic E-state index is -3.50. The molecule has 1 N–H and O–H groups in total. The fourth-order valence-electron chi connectivity index (χ4n) is 2.39. The van der Waals surface area contributed by atoms with Crippen LogP contribution >= 0.6 is 0 Å². The maximum absolute atomic E-state index is 12.8. The van der Waals surface area contributed by atoms with Crippen LogP contribution in [0.2, 0.25) is 0 Å². The Balaban J connectivity index is 2.48. The van der Waals surface area contributed by atoms with Crippen LogP contribution in [-0.2, 0) is 9.84 Å². The predicted molar refractivity (Wildman–Crippen MR) is 75.6 cm³/mol. The zero-order chi connectivity index (χ0) is 13.9. The van der Waals surface area contributed by atoms with Crippen molar-refractivity contribution in [2.45, 2.75) is 35.5 Å². The number of hydrogen-bond acceptors (Lipinski definition) is 3. The smallest absolute Gasteiger partial charge is 0.188 e. The summed E-state index contributed by atoms with van der Waals surface area (Å²) in [6, 6.07) is 8.42. The molecule has 0 amide bonds. The summed E-state index contributed by atoms with van der Waals surface area (Å²) in [7, 11) is -3.50. The van der Waals surface area contributed by atoms with Crippen LogP contribution in [0.15, 0.2) is 59.5 Å². The van der Waals surface area contributed by atoms with E-state index in [1.54, 1.807) is 42.5 Å². The van der Waals surface area contributed by atoms with Gasteiger partial charge in [-0.2, -0.15) is 0 Å². The van der Waals surface area contributed by atoms with Gasteiger partial charge >= 0.3 is 0 Å². The van der Waals surface area contributed by atoms with Crippen LogP contribution in [0.4, 0.5) is 0 Å². The summed E-state index contributed by atoms with van der Waals surface area (Å²) in [6.45, 7) is 1.86. The summed E-state index contributed by atoms with van der Waals surface area (Å²) >= 11 is 0. The Morgan fingerprint density at radius 3 is 2.58 bits per heavy atom. The summed E-state index contributed by atoms with van der Waals surface area (Å²) in [5.41, 5.74) is 0. The second-order valence-electron chi connectivity index (χ2n) is 4.79. The first kappa shape index (κ1) is 14.0. The van der Waals surface area contributed by atoms with Crippen LogP contribution in [0.5, 0.6) is 0 Å². The highest BCUT2D eigenvalue weighted by atomic mass is 32.2. The molecule has 4 heteroatoms. The van der Waals surface area contributed by atoms with Crippen molar-refractivity contribution in [1.82, 2.24) is 0 Å². The highest BCUT2D eigenvalue weighted by Crippen LogP contribution is 2.39. The minimum absolute atomic E-state index is 0.217. The Bertz CT molecular complexity index is 587. The van der Waals surface area contributed by atoms with Gasteiger partial charge in [-0.25, -0.2) is 8.42 Å². The molecule has 0 saturated carbocycles. The van der Waals surface area contributed by atoms with Crippen molar-refractivity contribution in [3.8, 4) is 0 Å². The first-order chi connectivity index (χ1) is 9.02. The van der Waals surface area contributed by atoms with Gasteiger partial charge in [0.1, 0.15) is 4.75 Å². The van der Waals surface area contributed by atoms with Crippen LogP contribution in [0, 0.1) is 0 Å². The van der Waals surface area contributed by atoms with E-state index in [2.05, 4.69) is 0 Å². The zero-order valence-corrected chi connectivity index (χ0v) is 11.7. The molecule has 0 fully saturated rings. The number of hydrogen-bond donors (Lipinski definition) is 1. The van der Waals surface area contributed by atoms with Crippen molar-refractivity contribution in [1.29, 1.82) is 0 Å². The summed E-state index contributed by atoms with van der Waals surface area (Å²) in [6.07, 6.45) is 6.79. The van der Waals surface area contributed by atoms with Gasteiger partial charge in [0, 0.05) is 6.42 Å². The van der Waals surface area contributed by atoms with Crippen LogP contribution < -0.4 is 0 Å². The number of sulfone groups is 1. The highest BCUT2D eigenvalue weighted by Gasteiger charge is 2.45. The third-order valence-corrected chi connectivity index (χ3v) is 5.90. The summed E-state index contributed by atoms with van der Waals surface area (Å²) < 4.78 is 24.6. The van der Waals surface area contributed by atoms with Gasteiger partial charge in [0.25, 0.3) is 0 Å². The molecule has 0 saturated heterocycles. The lowest BCUT2D eigenvalue weighted by molar-refractivity contribution is 0.213. The lowest BCUT2D eigenvalue weighted by Crippen LogP contribution is -2.36. The van der Waals surface area contributed by atoms with Gasteiger partial charge in [0.15, 0.2) is 9.84 Å². The van der Waals surface area contributed by atoms with Crippen molar-refractivity contribution in [3.05, 3.63) is 54.6 Å². The maximum Gasteiger partial charge on any atom is 0.188 e. The molecule has 1 aliphatic rings. The van der Waals surface area contributed by atoms with Gasteiger partial charge in [0.05, 0.1) is 11.0 Å². The lowest BCUT2D eigenvalue weighted by atomic mass is 10.0. The average Bonchev–Trinajstić information content (AvgIpc) is 2.81. The molecule has 0 unspecified atom stereocenters. The Kier molecular flexibility index (Phi) is 3.92. The van der Waals surface area contributed by atoms with Crippen LogP contribution in [0.1, 0.15) is 19.8 Å². The van der Waals surface area contributed by atoms with Gasteiger partial charge in [0.2, 0.25) is 0 Å². The van der Waals surface area contributed by atoms with E-state index in [4.69, 9.17) is 0 Å². The van der Waals surface area contributed by atoms with Gasteiger partial charge in [-0.05, 0) is 25.5 Å². The topological polar surface area (TPSA) is 54.4 Å². The van der Waals surface area contributed by atoms with Crippen molar-refractivity contribution < 1.29 is 13.5 Å². The first-order valence-corrected chi connectivity index (χ1v) is 7.78. The number of allylic oxidation sites excluding steroid dienone is 2. The van der Waals surface area contributed by atoms with E-state index in [0.29, 0.717) is 11.3 Å². The van der Waals surface area contributed by atoms with Gasteiger partial charge < -0.3 is 5.11 Å². The normalized spacial score (nSPS) is 27.2. The Morgan fingerprint density at radius 2 is 2.05 bits per heavy atom. The molecule has 1 aromatic rings. The summed E-state index contributed by atoms with van der Waals surface area (Å²) in [5.74, 6) is 0. The van der Waals surface area contributed by atoms with E-state index in [1.165, 1.54) is 0 Å². The van der Waals surface area contributed by atoms with Crippen molar-refractivity contribution >= 4 is 9.84 Å². The third kappa shape index (κ3) is 2.51. The number of aliphatic hydroxyl groups excluding tert-OH is 1. The molecular weight excluding hydrogens is 260 g/mol. The van der Waals surface area contributed by atoms with Crippen LogP contribution in [0.25, 0.3) is 0 Å². The molecule has 102 valence electrons. The maximum atomic E-state index is 12.8. The number of benzene rings is 1. The average molecular weight is 278 g/mol. The molecule has 1 aliphatic carbocycles. The third-order valence-electron chi connectivity index (χ3n) is 3.46. The van der Waals surface area contributed by atoms with Gasteiger partial charge in [-0.15, -0.1) is 0 Å². The Hall–Kier alpha value is -1.39. The molecule has 0 radical (unpaired) electrons. The van der Waals surface area contributed by atoms with E-state index in [1.807, 2.05) is 19.1 Å². The van der Waals surface area contributed by atoms with Crippen LogP contribution in [0.3, 0.4) is 0 Å². The van der Waals surface area contributed by atoms with E-state index in [9.17, 15) is 13.5 Å².